The topological polar surface area (TPSA) is 72.0 Å². The van der Waals surface area contributed by atoms with E-state index in [-0.39, 0.29) is 37.6 Å². The molecule has 0 fully saturated rings. The van der Waals surface area contributed by atoms with Crippen LogP contribution in [0.1, 0.15) is 41.0 Å². The molecule has 3 heterocycles. The molecule has 2 aromatic heterocycles. The number of nitrogens with zero attached hydrogens (tertiary/aromatic N) is 5. The van der Waals surface area contributed by atoms with Gasteiger partial charge in [0.05, 0.1) is 32.7 Å². The van der Waals surface area contributed by atoms with E-state index in [9.17, 15) is 22.8 Å². The lowest BCUT2D eigenvalue weighted by atomic mass is 9.84. The Hall–Kier alpha value is -3.95. The van der Waals surface area contributed by atoms with Gasteiger partial charge in [-0.15, -0.1) is 0 Å². The molecule has 41 heavy (non-hydrogen) atoms. The van der Waals surface area contributed by atoms with Crippen LogP contribution in [0.15, 0.2) is 48.7 Å². The van der Waals surface area contributed by atoms with E-state index in [0.717, 1.165) is 15.1 Å². The van der Waals surface area contributed by atoms with Crippen LogP contribution < -0.4 is 0 Å². The highest BCUT2D eigenvalue weighted by molar-refractivity contribution is 7.16. The number of esters is 1. The fourth-order valence-electron chi connectivity index (χ4n) is 4.79. The summed E-state index contributed by atoms with van der Waals surface area (Å²) in [6, 6.07) is 8.54. The van der Waals surface area contributed by atoms with Crippen molar-refractivity contribution < 1.29 is 27.5 Å². The van der Waals surface area contributed by atoms with E-state index >= 15 is 0 Å². The van der Waals surface area contributed by atoms with E-state index < -0.39 is 23.8 Å². The van der Waals surface area contributed by atoms with Crippen LogP contribution in [0, 0.1) is 6.57 Å². The number of rotatable bonds is 9. The SMILES string of the molecule is [C-]#[N+]c1cc2c(s1)CN(C(=O)/C=C/CN(C)C)C[C@H]2c1ccccc1-c1cn(CCC(=O)OCC)nc1C(F)(F)F. The number of aryl methyl sites for hydroxylation is 1. The Labute approximate surface area is 240 Å². The van der Waals surface area contributed by atoms with Gasteiger partial charge in [0.25, 0.3) is 0 Å². The van der Waals surface area contributed by atoms with Gasteiger partial charge in [-0.3, -0.25) is 14.3 Å². The van der Waals surface area contributed by atoms with E-state index in [0.29, 0.717) is 29.2 Å². The van der Waals surface area contributed by atoms with Gasteiger partial charge in [-0.2, -0.15) is 29.6 Å². The van der Waals surface area contributed by atoms with Crippen LogP contribution in [0.3, 0.4) is 0 Å². The second-order valence-corrected chi connectivity index (χ2v) is 10.9. The van der Waals surface area contributed by atoms with Crippen molar-refractivity contribution in [3.05, 3.63) is 81.8 Å². The van der Waals surface area contributed by atoms with Crippen molar-refractivity contribution in [1.29, 1.82) is 0 Å². The second kappa shape index (κ2) is 12.7. The van der Waals surface area contributed by atoms with Crippen molar-refractivity contribution in [2.45, 2.75) is 38.5 Å². The van der Waals surface area contributed by atoms with Gasteiger partial charge in [0.15, 0.2) is 5.69 Å². The normalized spacial score (nSPS) is 15.3. The van der Waals surface area contributed by atoms with Gasteiger partial charge in [-0.1, -0.05) is 30.3 Å². The Kier molecular flexibility index (Phi) is 9.30. The lowest BCUT2D eigenvalue weighted by Gasteiger charge is -2.34. The number of fused-ring (bicyclic) bond motifs is 1. The maximum absolute atomic E-state index is 14.2. The second-order valence-electron chi connectivity index (χ2n) is 9.81. The van der Waals surface area contributed by atoms with Gasteiger partial charge in [0.1, 0.15) is 0 Å². The molecule has 3 aromatic rings. The Morgan fingerprint density at radius 2 is 2.00 bits per heavy atom. The minimum atomic E-state index is -4.74. The van der Waals surface area contributed by atoms with Crippen LogP contribution in [-0.2, 0) is 33.6 Å². The lowest BCUT2D eigenvalue weighted by molar-refractivity contribution is -0.143. The number of carbonyl (C=O) groups excluding carboxylic acids is 2. The number of amides is 1. The number of halogens is 3. The zero-order valence-electron chi connectivity index (χ0n) is 22.9. The molecule has 0 unspecified atom stereocenters. The average Bonchev–Trinajstić information content (AvgIpc) is 3.56. The van der Waals surface area contributed by atoms with Gasteiger partial charge >= 0.3 is 12.1 Å². The first kappa shape index (κ1) is 30.0. The monoisotopic (exact) mass is 585 g/mol. The van der Waals surface area contributed by atoms with Gasteiger partial charge in [0.2, 0.25) is 10.9 Å². The highest BCUT2D eigenvalue weighted by Gasteiger charge is 2.39. The van der Waals surface area contributed by atoms with Crippen molar-refractivity contribution >= 4 is 28.2 Å². The Morgan fingerprint density at radius 1 is 1.24 bits per heavy atom. The summed E-state index contributed by atoms with van der Waals surface area (Å²) >= 11 is 1.29. The Balaban J connectivity index is 1.76. The third-order valence-electron chi connectivity index (χ3n) is 6.60. The summed E-state index contributed by atoms with van der Waals surface area (Å²) in [6.45, 7) is 10.4. The summed E-state index contributed by atoms with van der Waals surface area (Å²) in [4.78, 5) is 32.9. The first-order chi connectivity index (χ1) is 19.5. The molecule has 8 nitrogen and oxygen atoms in total. The molecular formula is C29H30F3N5O3S. The summed E-state index contributed by atoms with van der Waals surface area (Å²) in [5.74, 6) is -1.19. The summed E-state index contributed by atoms with van der Waals surface area (Å²) in [7, 11) is 3.78. The number of aromatic nitrogens is 2. The number of ether oxygens (including phenoxy) is 1. The van der Waals surface area contributed by atoms with Crippen LogP contribution >= 0.6 is 11.3 Å². The van der Waals surface area contributed by atoms with Gasteiger partial charge < -0.3 is 14.5 Å². The molecule has 1 aromatic carbocycles. The number of hydrogen-bond donors (Lipinski definition) is 0. The maximum Gasteiger partial charge on any atom is 0.435 e. The zero-order chi connectivity index (χ0) is 29.7. The summed E-state index contributed by atoms with van der Waals surface area (Å²) in [6.07, 6.45) is -0.288. The van der Waals surface area contributed by atoms with E-state index in [1.807, 2.05) is 19.0 Å². The van der Waals surface area contributed by atoms with Crippen LogP contribution in [0.2, 0.25) is 0 Å². The molecule has 0 N–H and O–H groups in total. The first-order valence-electron chi connectivity index (χ1n) is 13.0. The molecule has 1 aliphatic rings. The third-order valence-corrected chi connectivity index (χ3v) is 7.63. The molecule has 1 aliphatic heterocycles. The predicted octanol–water partition coefficient (Wildman–Crippen LogP) is 5.73. The lowest BCUT2D eigenvalue weighted by Crippen LogP contribution is -2.37. The first-order valence-corrected chi connectivity index (χ1v) is 13.8. The van der Waals surface area contributed by atoms with Gasteiger partial charge in [-0.05, 0) is 43.8 Å². The summed E-state index contributed by atoms with van der Waals surface area (Å²) < 4.78 is 48.6. The standard InChI is InChI=1S/C29H30F3N5O3S/c1-5-40-27(39)12-14-37-17-23(28(34-37)29(30,31)32)20-10-7-6-9-19(20)22-16-36(26(38)11-8-13-35(3)4)18-24-21(22)15-25(33-2)41-24/h6-11,15,17,22H,5,12-14,16,18H2,1,3-4H3/b11-8+/t22-/m0/s1. The van der Waals surface area contributed by atoms with Crippen LogP contribution in [0.5, 0.6) is 0 Å². The predicted molar refractivity (Wildman–Crippen MR) is 149 cm³/mol. The largest absolute Gasteiger partial charge is 0.466 e. The van der Waals surface area contributed by atoms with E-state index in [1.54, 1.807) is 48.2 Å². The van der Waals surface area contributed by atoms with Gasteiger partial charge in [-0.25, -0.2) is 4.85 Å². The minimum Gasteiger partial charge on any atom is -0.466 e. The molecule has 12 heteroatoms. The smallest absolute Gasteiger partial charge is 0.435 e. The van der Waals surface area contributed by atoms with Crippen molar-refractivity contribution in [2.24, 2.45) is 0 Å². The number of thiophene rings is 1. The van der Waals surface area contributed by atoms with Crippen molar-refractivity contribution in [3.63, 3.8) is 0 Å². The van der Waals surface area contributed by atoms with Gasteiger partial charge in [0, 0.05) is 41.7 Å². The summed E-state index contributed by atoms with van der Waals surface area (Å²) in [5, 5.41) is 4.25. The highest BCUT2D eigenvalue weighted by atomic mass is 32.1. The fraction of sp³-hybridized carbons (Fsp3) is 0.379. The molecule has 0 aliphatic carbocycles. The number of benzene rings is 1. The quantitative estimate of drug-likeness (QED) is 0.182. The fourth-order valence-corrected chi connectivity index (χ4v) is 5.81. The van der Waals surface area contributed by atoms with Crippen molar-refractivity contribution in [3.8, 4) is 11.1 Å². The molecule has 0 saturated carbocycles. The Bertz CT molecular complexity index is 1490. The van der Waals surface area contributed by atoms with Crippen molar-refractivity contribution in [2.75, 3.05) is 33.8 Å². The summed E-state index contributed by atoms with van der Waals surface area (Å²) in [5.41, 5.74) is 0.572. The van der Waals surface area contributed by atoms with Crippen LogP contribution in [-0.4, -0.2) is 65.2 Å². The average molecular weight is 586 g/mol. The zero-order valence-corrected chi connectivity index (χ0v) is 23.8. The molecule has 0 radical (unpaired) electrons. The molecule has 0 spiro atoms. The highest BCUT2D eigenvalue weighted by Crippen LogP contribution is 2.45. The molecule has 216 valence electrons. The van der Waals surface area contributed by atoms with Crippen molar-refractivity contribution in [1.82, 2.24) is 19.6 Å². The number of likely N-dealkylation sites (N-methyl/N-ethyl adjacent to an activating group) is 1. The molecule has 0 bridgehead atoms. The van der Waals surface area contributed by atoms with E-state index in [4.69, 9.17) is 11.3 Å². The van der Waals surface area contributed by atoms with Crippen LogP contribution in [0.4, 0.5) is 18.2 Å². The number of hydrogen-bond acceptors (Lipinski definition) is 6. The number of carbonyl (C=O) groups is 2. The number of alkyl halides is 3. The minimum absolute atomic E-state index is 0.0713. The molecule has 1 atom stereocenters. The maximum atomic E-state index is 14.2. The Morgan fingerprint density at radius 3 is 2.68 bits per heavy atom. The van der Waals surface area contributed by atoms with Crippen LogP contribution in [0.25, 0.3) is 16.0 Å². The third kappa shape index (κ3) is 7.04. The van der Waals surface area contributed by atoms with E-state index in [2.05, 4.69) is 9.94 Å². The molecular weight excluding hydrogens is 555 g/mol. The van der Waals surface area contributed by atoms with E-state index in [1.165, 1.54) is 23.6 Å². The molecule has 4 rings (SSSR count). The molecule has 0 saturated heterocycles. The molecule has 1 amide bonds.